The Morgan fingerprint density at radius 3 is 1.50 bits per heavy atom. The van der Waals surface area contributed by atoms with E-state index in [1.165, 1.54) is 0 Å². The first-order valence-corrected chi connectivity index (χ1v) is 10.7. The lowest BCUT2D eigenvalue weighted by molar-refractivity contribution is 0.699. The lowest BCUT2D eigenvalue weighted by atomic mass is 10.2. The highest BCUT2D eigenvalue weighted by molar-refractivity contribution is 5.82. The van der Waals surface area contributed by atoms with Crippen LogP contribution in [0.5, 0.6) is 0 Å². The Kier molecular flexibility index (Phi) is 4.79. The van der Waals surface area contributed by atoms with E-state index in [2.05, 4.69) is 65.4 Å². The van der Waals surface area contributed by atoms with Crippen LogP contribution in [0, 0.1) is 0 Å². The summed E-state index contributed by atoms with van der Waals surface area (Å²) in [7, 11) is 0. The Morgan fingerprint density at radius 1 is 0.567 bits per heavy atom. The summed E-state index contributed by atoms with van der Waals surface area (Å²) in [6.07, 6.45) is 2.08. The minimum Gasteiger partial charge on any atom is -0.323 e. The number of pyridine rings is 1. The smallest absolute Gasteiger partial charge is 0.159 e. The minimum atomic E-state index is 0.882. The number of nitrogens with zero attached hydrogens (tertiary/aromatic N) is 5. The zero-order valence-corrected chi connectivity index (χ0v) is 17.4. The fourth-order valence-electron chi connectivity index (χ4n) is 4.13. The van der Waals surface area contributed by atoms with Gasteiger partial charge in [-0.25, -0.2) is 15.0 Å². The van der Waals surface area contributed by atoms with E-state index in [0.717, 1.165) is 71.0 Å². The monoisotopic (exact) mass is 395 g/mol. The Morgan fingerprint density at radius 2 is 1.03 bits per heavy atom. The highest BCUT2D eigenvalue weighted by Gasteiger charge is 2.17. The molecule has 5 rings (SSSR count). The van der Waals surface area contributed by atoms with E-state index in [-0.39, 0.29) is 0 Å². The van der Waals surface area contributed by atoms with Gasteiger partial charge in [-0.1, -0.05) is 44.2 Å². The van der Waals surface area contributed by atoms with Crippen molar-refractivity contribution < 1.29 is 0 Å². The van der Waals surface area contributed by atoms with E-state index < -0.39 is 0 Å². The Balaban J connectivity index is 1.68. The molecule has 5 aromatic rings. The summed E-state index contributed by atoms with van der Waals surface area (Å²) in [5, 5.41) is 0. The number of benzene rings is 2. The van der Waals surface area contributed by atoms with Gasteiger partial charge in [-0.05, 0) is 49.2 Å². The summed E-state index contributed by atoms with van der Waals surface area (Å²) < 4.78 is 4.55. The molecule has 0 aliphatic heterocycles. The van der Waals surface area contributed by atoms with Crippen molar-refractivity contribution in [2.45, 2.75) is 39.8 Å². The first-order chi connectivity index (χ1) is 14.8. The fourth-order valence-corrected chi connectivity index (χ4v) is 4.13. The zero-order chi connectivity index (χ0) is 20.5. The van der Waals surface area contributed by atoms with Crippen LogP contribution in [0.25, 0.3) is 45.1 Å². The highest BCUT2D eigenvalue weighted by Crippen LogP contribution is 2.28. The lowest BCUT2D eigenvalue weighted by Gasteiger charge is -2.10. The van der Waals surface area contributed by atoms with Crippen molar-refractivity contribution in [2.24, 2.45) is 0 Å². The zero-order valence-electron chi connectivity index (χ0n) is 17.4. The molecule has 3 heterocycles. The molecule has 0 fully saturated rings. The number of aromatic nitrogens is 5. The van der Waals surface area contributed by atoms with Gasteiger partial charge in [0, 0.05) is 13.1 Å². The predicted molar refractivity (Wildman–Crippen MR) is 122 cm³/mol. The number of para-hydroxylation sites is 4. The standard InChI is InChI=1S/C25H25N5/c1-3-16-29-22-14-7-5-10-18(22)27-24(29)20-12-9-13-21(26-20)25-28-19-11-6-8-15-23(19)30(25)17-4-2/h5-15H,3-4,16-17H2,1-2H3. The molecule has 30 heavy (non-hydrogen) atoms. The Bertz CT molecular complexity index is 1230. The van der Waals surface area contributed by atoms with Crippen LogP contribution in [0.1, 0.15) is 26.7 Å². The van der Waals surface area contributed by atoms with Crippen LogP contribution in [0.3, 0.4) is 0 Å². The maximum Gasteiger partial charge on any atom is 0.159 e. The van der Waals surface area contributed by atoms with Gasteiger partial charge in [-0.2, -0.15) is 0 Å². The van der Waals surface area contributed by atoms with E-state index in [0.29, 0.717) is 0 Å². The van der Waals surface area contributed by atoms with Gasteiger partial charge in [0.2, 0.25) is 0 Å². The Labute approximate surface area is 176 Å². The first-order valence-electron chi connectivity index (χ1n) is 10.7. The van der Waals surface area contributed by atoms with Gasteiger partial charge in [0.15, 0.2) is 11.6 Å². The summed E-state index contributed by atoms with van der Waals surface area (Å²) in [6.45, 7) is 6.21. The topological polar surface area (TPSA) is 48.5 Å². The van der Waals surface area contributed by atoms with Gasteiger partial charge in [0.05, 0.1) is 22.1 Å². The highest BCUT2D eigenvalue weighted by atomic mass is 15.1. The molecule has 2 aromatic carbocycles. The van der Waals surface area contributed by atoms with Crippen molar-refractivity contribution in [2.75, 3.05) is 0 Å². The first kappa shape index (κ1) is 18.6. The number of rotatable bonds is 6. The third-order valence-corrected chi connectivity index (χ3v) is 5.41. The second kappa shape index (κ2) is 7.75. The summed E-state index contributed by atoms with van der Waals surface area (Å²) >= 11 is 0. The third-order valence-electron chi connectivity index (χ3n) is 5.41. The summed E-state index contributed by atoms with van der Waals surface area (Å²) in [4.78, 5) is 14.8. The SMILES string of the molecule is CCCn1c(-c2cccc(-c3nc4ccccc4n3CCC)n2)nc2ccccc21. The minimum absolute atomic E-state index is 0.882. The number of hydrogen-bond acceptors (Lipinski definition) is 3. The average molecular weight is 396 g/mol. The molecular formula is C25H25N5. The van der Waals surface area contributed by atoms with E-state index in [1.54, 1.807) is 0 Å². The van der Waals surface area contributed by atoms with Crippen molar-refractivity contribution in [3.05, 3.63) is 66.7 Å². The molecule has 0 N–H and O–H groups in total. The molecule has 0 amide bonds. The van der Waals surface area contributed by atoms with Crippen molar-refractivity contribution in [3.63, 3.8) is 0 Å². The van der Waals surface area contributed by atoms with Crippen LogP contribution in [0.2, 0.25) is 0 Å². The molecule has 0 bridgehead atoms. The molecule has 0 unspecified atom stereocenters. The second-order valence-corrected chi connectivity index (χ2v) is 7.56. The molecule has 0 saturated carbocycles. The molecule has 150 valence electrons. The van der Waals surface area contributed by atoms with Gasteiger partial charge in [0.25, 0.3) is 0 Å². The van der Waals surface area contributed by atoms with Gasteiger partial charge < -0.3 is 9.13 Å². The van der Waals surface area contributed by atoms with Crippen LogP contribution in [0.15, 0.2) is 66.7 Å². The lowest BCUT2D eigenvalue weighted by Crippen LogP contribution is -2.03. The second-order valence-electron chi connectivity index (χ2n) is 7.56. The van der Waals surface area contributed by atoms with Gasteiger partial charge in [-0.15, -0.1) is 0 Å². The van der Waals surface area contributed by atoms with Crippen molar-refractivity contribution in [3.8, 4) is 23.0 Å². The molecule has 0 spiro atoms. The quantitative estimate of drug-likeness (QED) is 0.358. The predicted octanol–water partition coefficient (Wildman–Crippen LogP) is 5.94. The third kappa shape index (κ3) is 3.07. The average Bonchev–Trinajstić information content (AvgIpc) is 3.34. The molecule has 3 aromatic heterocycles. The van der Waals surface area contributed by atoms with Crippen molar-refractivity contribution in [1.29, 1.82) is 0 Å². The summed E-state index contributed by atoms with van der Waals surface area (Å²) in [5.41, 5.74) is 6.08. The van der Waals surface area contributed by atoms with E-state index in [9.17, 15) is 0 Å². The van der Waals surface area contributed by atoms with Crippen LogP contribution in [-0.4, -0.2) is 24.1 Å². The van der Waals surface area contributed by atoms with E-state index >= 15 is 0 Å². The maximum atomic E-state index is 5.02. The van der Waals surface area contributed by atoms with E-state index in [4.69, 9.17) is 15.0 Å². The van der Waals surface area contributed by atoms with Gasteiger partial charge in [-0.3, -0.25) is 0 Å². The number of aryl methyl sites for hydroxylation is 2. The molecule has 0 aliphatic rings. The van der Waals surface area contributed by atoms with Crippen molar-refractivity contribution in [1.82, 2.24) is 24.1 Å². The summed E-state index contributed by atoms with van der Waals surface area (Å²) in [5.74, 6) is 1.83. The maximum absolute atomic E-state index is 5.02. The van der Waals surface area contributed by atoms with Gasteiger partial charge >= 0.3 is 0 Å². The molecule has 0 atom stereocenters. The molecule has 5 heteroatoms. The largest absolute Gasteiger partial charge is 0.323 e. The molecular weight excluding hydrogens is 370 g/mol. The molecule has 0 saturated heterocycles. The van der Waals surface area contributed by atoms with Crippen LogP contribution < -0.4 is 0 Å². The Hall–Kier alpha value is -3.47. The van der Waals surface area contributed by atoms with Gasteiger partial charge in [0.1, 0.15) is 11.4 Å². The van der Waals surface area contributed by atoms with E-state index in [1.807, 2.05) is 24.3 Å². The van der Waals surface area contributed by atoms with Crippen LogP contribution >= 0.6 is 0 Å². The fraction of sp³-hybridized carbons (Fsp3) is 0.240. The molecule has 5 nitrogen and oxygen atoms in total. The normalized spacial score (nSPS) is 11.5. The molecule has 0 radical (unpaired) electrons. The van der Waals surface area contributed by atoms with Crippen molar-refractivity contribution >= 4 is 22.1 Å². The number of imidazole rings is 2. The number of fused-ring (bicyclic) bond motifs is 2. The van der Waals surface area contributed by atoms with Crippen LogP contribution in [0.4, 0.5) is 0 Å². The number of hydrogen-bond donors (Lipinski definition) is 0. The summed E-state index contributed by atoms with van der Waals surface area (Å²) in [6, 6.07) is 22.7. The van der Waals surface area contributed by atoms with Crippen LogP contribution in [-0.2, 0) is 13.1 Å². The molecule has 0 aliphatic carbocycles.